The first-order valence-electron chi connectivity index (χ1n) is 9.48. The van der Waals surface area contributed by atoms with Crippen LogP contribution in [0.4, 0.5) is 15.9 Å². The second kappa shape index (κ2) is 9.46. The lowest BCUT2D eigenvalue weighted by atomic mass is 10.2. The Bertz CT molecular complexity index is 1390. The lowest BCUT2D eigenvalue weighted by molar-refractivity contribution is 0.584. The number of pyridine rings is 1. The summed E-state index contributed by atoms with van der Waals surface area (Å²) in [4.78, 5) is 4.29. The van der Waals surface area contributed by atoms with E-state index >= 15 is 0 Å². The maximum absolute atomic E-state index is 13.7. The number of aryl methyl sites for hydroxylation is 1. The molecular formula is C22H21Cl2FN4O2S. The smallest absolute Gasteiger partial charge is 0.268 e. The Morgan fingerprint density at radius 3 is 2.62 bits per heavy atom. The summed E-state index contributed by atoms with van der Waals surface area (Å²) in [5, 5.41) is 7.37. The van der Waals surface area contributed by atoms with Gasteiger partial charge < -0.3 is 10.6 Å². The quantitative estimate of drug-likeness (QED) is 0.382. The SMILES string of the molecule is CNCc1cn(S(=O)(=O)c2cccc(F)c2)c2cc(Nc3ccc(C)cc3Cl)ncc12.Cl. The highest BCUT2D eigenvalue weighted by Crippen LogP contribution is 2.30. The summed E-state index contributed by atoms with van der Waals surface area (Å²) in [5.41, 5.74) is 2.85. The number of hydrogen-bond donors (Lipinski definition) is 2. The largest absolute Gasteiger partial charge is 0.339 e. The van der Waals surface area contributed by atoms with Crippen LogP contribution in [0.1, 0.15) is 11.1 Å². The molecule has 0 amide bonds. The van der Waals surface area contributed by atoms with Gasteiger partial charge in [-0.15, -0.1) is 12.4 Å². The molecular weight excluding hydrogens is 474 g/mol. The first-order valence-corrected chi connectivity index (χ1v) is 11.3. The molecule has 168 valence electrons. The number of fused-ring (bicyclic) bond motifs is 1. The van der Waals surface area contributed by atoms with Crippen molar-refractivity contribution in [3.63, 3.8) is 0 Å². The van der Waals surface area contributed by atoms with Gasteiger partial charge in [-0.2, -0.15) is 0 Å². The number of aromatic nitrogens is 2. The lowest BCUT2D eigenvalue weighted by Gasteiger charge is -2.10. The van der Waals surface area contributed by atoms with Gasteiger partial charge >= 0.3 is 0 Å². The third-order valence-electron chi connectivity index (χ3n) is 4.85. The molecule has 2 N–H and O–H groups in total. The summed E-state index contributed by atoms with van der Waals surface area (Å²) in [6, 6.07) is 12.2. The maximum Gasteiger partial charge on any atom is 0.268 e. The fourth-order valence-electron chi connectivity index (χ4n) is 3.35. The second-order valence-corrected chi connectivity index (χ2v) is 9.36. The molecule has 2 aromatic carbocycles. The van der Waals surface area contributed by atoms with E-state index in [1.807, 2.05) is 25.1 Å². The van der Waals surface area contributed by atoms with Gasteiger partial charge in [0.25, 0.3) is 10.0 Å². The van der Waals surface area contributed by atoms with Gasteiger partial charge in [-0.3, -0.25) is 0 Å². The van der Waals surface area contributed by atoms with Crippen LogP contribution in [0.25, 0.3) is 10.9 Å². The van der Waals surface area contributed by atoms with Crippen molar-refractivity contribution >= 4 is 56.4 Å². The van der Waals surface area contributed by atoms with Crippen LogP contribution in [-0.4, -0.2) is 24.4 Å². The van der Waals surface area contributed by atoms with E-state index in [4.69, 9.17) is 11.6 Å². The van der Waals surface area contributed by atoms with Crippen molar-refractivity contribution in [2.45, 2.75) is 18.4 Å². The number of nitrogens with zero attached hydrogens (tertiary/aromatic N) is 2. The van der Waals surface area contributed by atoms with Crippen LogP contribution in [0.2, 0.25) is 5.02 Å². The molecule has 2 heterocycles. The van der Waals surface area contributed by atoms with Crippen molar-refractivity contribution in [2.24, 2.45) is 0 Å². The van der Waals surface area contributed by atoms with Crippen LogP contribution in [0.5, 0.6) is 0 Å². The summed E-state index contributed by atoms with van der Waals surface area (Å²) < 4.78 is 41.5. The van der Waals surface area contributed by atoms with Crippen molar-refractivity contribution < 1.29 is 12.8 Å². The summed E-state index contributed by atoms with van der Waals surface area (Å²) in [5.74, 6) is -0.186. The van der Waals surface area contributed by atoms with Crippen molar-refractivity contribution in [3.8, 4) is 0 Å². The maximum atomic E-state index is 13.7. The Morgan fingerprint density at radius 2 is 1.94 bits per heavy atom. The molecule has 0 unspecified atom stereocenters. The molecule has 32 heavy (non-hydrogen) atoms. The number of benzene rings is 2. The summed E-state index contributed by atoms with van der Waals surface area (Å²) in [6.45, 7) is 2.38. The molecule has 0 radical (unpaired) electrons. The topological polar surface area (TPSA) is 76.0 Å². The summed E-state index contributed by atoms with van der Waals surface area (Å²) >= 11 is 6.31. The lowest BCUT2D eigenvalue weighted by Crippen LogP contribution is -2.12. The standard InChI is InChI=1S/C22H20ClFN4O2S.ClH/c1-14-6-7-20(19(23)8-14)27-22-10-21-18(12-26-22)15(11-25-2)13-28(21)31(29,30)17-5-3-4-16(24)9-17;/h3-10,12-13,25H,11H2,1-2H3,(H,26,27);1H. The Hall–Kier alpha value is -2.65. The molecule has 0 aliphatic carbocycles. The van der Waals surface area contributed by atoms with Gasteiger partial charge in [-0.05, 0) is 55.4 Å². The first-order chi connectivity index (χ1) is 14.8. The molecule has 0 saturated heterocycles. The molecule has 2 aromatic heterocycles. The highest BCUT2D eigenvalue weighted by atomic mass is 35.5. The van der Waals surface area contributed by atoms with Crippen LogP contribution in [-0.2, 0) is 16.6 Å². The predicted molar refractivity (Wildman–Crippen MR) is 128 cm³/mol. The van der Waals surface area contributed by atoms with E-state index in [0.29, 0.717) is 34.0 Å². The Morgan fingerprint density at radius 1 is 1.16 bits per heavy atom. The molecule has 0 aliphatic rings. The first kappa shape index (κ1) is 24.0. The average molecular weight is 495 g/mol. The second-order valence-electron chi connectivity index (χ2n) is 7.14. The molecule has 4 aromatic rings. The van der Waals surface area contributed by atoms with Gasteiger partial charge in [0.05, 0.1) is 21.1 Å². The normalized spacial score (nSPS) is 11.4. The Kier molecular flexibility index (Phi) is 7.09. The van der Waals surface area contributed by atoms with Crippen LogP contribution < -0.4 is 10.6 Å². The molecule has 0 atom stereocenters. The highest BCUT2D eigenvalue weighted by Gasteiger charge is 2.22. The van der Waals surface area contributed by atoms with Crippen molar-refractivity contribution in [1.82, 2.24) is 14.3 Å². The van der Waals surface area contributed by atoms with Crippen LogP contribution in [0.3, 0.4) is 0 Å². The van der Waals surface area contributed by atoms with E-state index < -0.39 is 15.8 Å². The number of nitrogens with one attached hydrogen (secondary N) is 2. The molecule has 0 spiro atoms. The number of anilines is 2. The molecule has 4 rings (SSSR count). The van der Waals surface area contributed by atoms with Crippen LogP contribution in [0, 0.1) is 12.7 Å². The zero-order valence-corrected chi connectivity index (χ0v) is 19.7. The Balaban J connectivity index is 0.00000289. The van der Waals surface area contributed by atoms with Crippen molar-refractivity contribution in [2.75, 3.05) is 12.4 Å². The third-order valence-corrected chi connectivity index (χ3v) is 6.83. The summed E-state index contributed by atoms with van der Waals surface area (Å²) in [6.07, 6.45) is 3.15. The van der Waals surface area contributed by atoms with E-state index in [1.54, 1.807) is 19.3 Å². The monoisotopic (exact) mass is 494 g/mol. The minimum absolute atomic E-state index is 0. The average Bonchev–Trinajstić information content (AvgIpc) is 3.09. The van der Waals surface area contributed by atoms with E-state index in [2.05, 4.69) is 15.6 Å². The van der Waals surface area contributed by atoms with Gasteiger partial charge in [0, 0.05) is 30.4 Å². The minimum Gasteiger partial charge on any atom is -0.339 e. The van der Waals surface area contributed by atoms with Gasteiger partial charge in [-0.25, -0.2) is 21.8 Å². The van der Waals surface area contributed by atoms with E-state index in [0.717, 1.165) is 21.2 Å². The number of rotatable bonds is 6. The molecule has 0 fully saturated rings. The fourth-order valence-corrected chi connectivity index (χ4v) is 5.05. The molecule has 0 bridgehead atoms. The van der Waals surface area contributed by atoms with Crippen molar-refractivity contribution in [3.05, 3.63) is 82.9 Å². The molecule has 0 aliphatic heterocycles. The zero-order valence-electron chi connectivity index (χ0n) is 17.3. The number of halogens is 3. The van der Waals surface area contributed by atoms with E-state index in [9.17, 15) is 12.8 Å². The third kappa shape index (κ3) is 4.59. The number of hydrogen-bond acceptors (Lipinski definition) is 5. The van der Waals surface area contributed by atoms with Crippen LogP contribution >= 0.6 is 24.0 Å². The van der Waals surface area contributed by atoms with E-state index in [-0.39, 0.29) is 17.3 Å². The highest BCUT2D eigenvalue weighted by molar-refractivity contribution is 7.90. The summed E-state index contributed by atoms with van der Waals surface area (Å²) in [7, 11) is -2.25. The van der Waals surface area contributed by atoms with Gasteiger partial charge in [0.1, 0.15) is 11.6 Å². The van der Waals surface area contributed by atoms with E-state index in [1.165, 1.54) is 24.4 Å². The van der Waals surface area contributed by atoms with Gasteiger partial charge in [0.15, 0.2) is 0 Å². The fraction of sp³-hybridized carbons (Fsp3) is 0.136. The van der Waals surface area contributed by atoms with Crippen molar-refractivity contribution in [1.29, 1.82) is 0 Å². The molecule has 6 nitrogen and oxygen atoms in total. The molecule has 10 heteroatoms. The minimum atomic E-state index is -4.02. The van der Waals surface area contributed by atoms with Crippen LogP contribution in [0.15, 0.2) is 65.8 Å². The molecule has 0 saturated carbocycles. The van der Waals surface area contributed by atoms with Gasteiger partial charge in [-0.1, -0.05) is 23.7 Å². The predicted octanol–water partition coefficient (Wildman–Crippen LogP) is 5.26. The Labute approximate surface area is 196 Å². The zero-order chi connectivity index (χ0) is 22.2. The van der Waals surface area contributed by atoms with Gasteiger partial charge in [0.2, 0.25) is 0 Å².